The number of benzene rings is 1. The molecule has 0 radical (unpaired) electrons. The van der Waals surface area contributed by atoms with E-state index < -0.39 is 4.92 Å². The summed E-state index contributed by atoms with van der Waals surface area (Å²) < 4.78 is 1.19. The second-order valence-corrected chi connectivity index (χ2v) is 4.06. The van der Waals surface area contributed by atoms with Gasteiger partial charge in [0.25, 0.3) is 0 Å². The number of halogens is 1. The van der Waals surface area contributed by atoms with Crippen molar-refractivity contribution in [3.05, 3.63) is 51.2 Å². The van der Waals surface area contributed by atoms with Crippen molar-refractivity contribution in [2.24, 2.45) is 0 Å². The summed E-state index contributed by atoms with van der Waals surface area (Å²) in [5.41, 5.74) is 0.590. The zero-order valence-corrected chi connectivity index (χ0v) is 10.6. The van der Waals surface area contributed by atoms with Gasteiger partial charge in [-0.15, -0.1) is 0 Å². The normalized spacial score (nSPS) is 9.95. The molecule has 0 N–H and O–H groups in total. The Morgan fingerprint density at radius 1 is 1.42 bits per heavy atom. The van der Waals surface area contributed by atoms with E-state index >= 15 is 0 Å². The minimum atomic E-state index is -0.618. The van der Waals surface area contributed by atoms with E-state index in [2.05, 4.69) is 0 Å². The quantitative estimate of drug-likeness (QED) is 0.638. The Balaban J connectivity index is 2.71. The maximum atomic E-state index is 10.9. The molecule has 0 spiro atoms. The summed E-state index contributed by atoms with van der Waals surface area (Å²) in [7, 11) is 1.37. The van der Waals surface area contributed by atoms with Crippen LogP contribution in [0.2, 0.25) is 5.02 Å². The molecule has 96 valence electrons. The second kappa shape index (κ2) is 5.00. The molecule has 1 aromatic heterocycles. The van der Waals surface area contributed by atoms with Crippen molar-refractivity contribution in [3.63, 3.8) is 0 Å². The van der Waals surface area contributed by atoms with Gasteiger partial charge in [0.1, 0.15) is 25.1 Å². The number of nitrogens with zero attached hydrogens (tertiary/aromatic N) is 3. The highest BCUT2D eigenvalue weighted by molar-refractivity contribution is 6.30. The molecule has 0 bridgehead atoms. The van der Waals surface area contributed by atoms with Crippen molar-refractivity contribution >= 4 is 17.3 Å². The molecule has 2 rings (SSSR count). The Hall–Kier alpha value is -2.52. The molecule has 2 aromatic rings. The van der Waals surface area contributed by atoms with Crippen LogP contribution in [0.3, 0.4) is 0 Å². The maximum absolute atomic E-state index is 10.9. The average molecular weight is 278 g/mol. The van der Waals surface area contributed by atoms with E-state index in [4.69, 9.17) is 21.7 Å². The number of rotatable bonds is 3. The molecule has 19 heavy (non-hydrogen) atoms. The van der Waals surface area contributed by atoms with Gasteiger partial charge in [0, 0.05) is 10.6 Å². The zero-order valence-electron chi connectivity index (χ0n) is 9.83. The van der Waals surface area contributed by atoms with Gasteiger partial charge in [-0.25, -0.2) is 0 Å². The van der Waals surface area contributed by atoms with Crippen LogP contribution in [0.1, 0.15) is 5.56 Å². The standard InChI is InChI=1S/C12H8ClN3O3/c1-19-15-7-11(16(17)18)10(6-14)12(15)8-2-4-9(13)5-3-8/h2-5,7H,1H3. The fourth-order valence-electron chi connectivity index (χ4n) is 1.74. The first-order valence-electron chi connectivity index (χ1n) is 5.18. The van der Waals surface area contributed by atoms with Crippen LogP contribution in [-0.2, 0) is 0 Å². The Morgan fingerprint density at radius 3 is 2.53 bits per heavy atom. The molecule has 1 aromatic carbocycles. The molecule has 0 atom stereocenters. The summed E-state index contributed by atoms with van der Waals surface area (Å²) in [6.45, 7) is 0. The Kier molecular flexibility index (Phi) is 3.40. The summed E-state index contributed by atoms with van der Waals surface area (Å²) in [5, 5.41) is 20.6. The molecule has 0 saturated carbocycles. The molecule has 1 heterocycles. The van der Waals surface area contributed by atoms with E-state index in [0.717, 1.165) is 0 Å². The molecule has 0 fully saturated rings. The fraction of sp³-hybridized carbons (Fsp3) is 0.0833. The smallest absolute Gasteiger partial charge is 0.308 e. The molecule has 7 heteroatoms. The third-order valence-electron chi connectivity index (χ3n) is 2.58. The van der Waals surface area contributed by atoms with Gasteiger partial charge in [-0.05, 0) is 12.1 Å². The summed E-state index contributed by atoms with van der Waals surface area (Å²) in [6.07, 6.45) is 1.17. The summed E-state index contributed by atoms with van der Waals surface area (Å²) >= 11 is 5.79. The Morgan fingerprint density at radius 2 is 2.05 bits per heavy atom. The molecule has 0 aliphatic carbocycles. The van der Waals surface area contributed by atoms with Crippen LogP contribution in [0.5, 0.6) is 0 Å². The van der Waals surface area contributed by atoms with Gasteiger partial charge in [0.05, 0.1) is 4.92 Å². The molecule has 0 aliphatic heterocycles. The van der Waals surface area contributed by atoms with Crippen molar-refractivity contribution in [1.29, 1.82) is 5.26 Å². The Labute approximate surface area is 113 Å². The van der Waals surface area contributed by atoms with Crippen LogP contribution in [0.15, 0.2) is 30.5 Å². The van der Waals surface area contributed by atoms with Crippen molar-refractivity contribution < 1.29 is 9.76 Å². The first-order chi connectivity index (χ1) is 9.08. The van der Waals surface area contributed by atoms with Crippen LogP contribution in [-0.4, -0.2) is 16.8 Å². The molecule has 6 nitrogen and oxygen atoms in total. The summed E-state index contributed by atoms with van der Waals surface area (Å²) in [5.74, 6) is 0. The number of aromatic nitrogens is 1. The van der Waals surface area contributed by atoms with Crippen LogP contribution in [0, 0.1) is 21.4 Å². The van der Waals surface area contributed by atoms with E-state index in [1.54, 1.807) is 24.3 Å². The predicted octanol–water partition coefficient (Wildman–Crippen LogP) is 2.65. The third-order valence-corrected chi connectivity index (χ3v) is 2.83. The van der Waals surface area contributed by atoms with E-state index in [9.17, 15) is 10.1 Å². The van der Waals surface area contributed by atoms with Crippen molar-refractivity contribution in [3.8, 4) is 17.3 Å². The Bertz CT molecular complexity index is 671. The molecular weight excluding hydrogens is 270 g/mol. The molecule has 0 amide bonds. The van der Waals surface area contributed by atoms with Gasteiger partial charge < -0.3 is 4.84 Å². The van der Waals surface area contributed by atoms with Gasteiger partial charge in [0.2, 0.25) is 0 Å². The second-order valence-electron chi connectivity index (χ2n) is 3.62. The number of nitro groups is 1. The first-order valence-corrected chi connectivity index (χ1v) is 5.56. The van der Waals surface area contributed by atoms with Gasteiger partial charge in [-0.2, -0.15) is 9.99 Å². The van der Waals surface area contributed by atoms with E-state index in [1.165, 1.54) is 18.0 Å². The highest BCUT2D eigenvalue weighted by atomic mass is 35.5. The zero-order chi connectivity index (χ0) is 14.0. The van der Waals surface area contributed by atoms with Crippen molar-refractivity contribution in [2.45, 2.75) is 0 Å². The topological polar surface area (TPSA) is 81.1 Å². The lowest BCUT2D eigenvalue weighted by molar-refractivity contribution is -0.385. The largest absolute Gasteiger partial charge is 0.417 e. The number of hydrogen-bond acceptors (Lipinski definition) is 4. The van der Waals surface area contributed by atoms with Gasteiger partial charge in [-0.1, -0.05) is 23.7 Å². The van der Waals surface area contributed by atoms with E-state index in [1.807, 2.05) is 6.07 Å². The highest BCUT2D eigenvalue weighted by Gasteiger charge is 2.25. The SMILES string of the molecule is COn1cc([N+](=O)[O-])c(C#N)c1-c1ccc(Cl)cc1. The van der Waals surface area contributed by atoms with Crippen LogP contribution >= 0.6 is 11.6 Å². The van der Waals surface area contributed by atoms with Gasteiger partial charge in [0.15, 0.2) is 5.56 Å². The molecule has 0 saturated heterocycles. The van der Waals surface area contributed by atoms with E-state index in [0.29, 0.717) is 16.3 Å². The minimum Gasteiger partial charge on any atom is -0.417 e. The predicted molar refractivity (Wildman–Crippen MR) is 68.8 cm³/mol. The van der Waals surface area contributed by atoms with Crippen LogP contribution in [0.25, 0.3) is 11.3 Å². The maximum Gasteiger partial charge on any atom is 0.308 e. The molecular formula is C12H8ClN3O3. The summed E-state index contributed by atoms with van der Waals surface area (Å²) in [6, 6.07) is 8.44. The number of nitriles is 1. The third kappa shape index (κ3) is 2.23. The minimum absolute atomic E-state index is 0.0471. The lowest BCUT2D eigenvalue weighted by Crippen LogP contribution is -2.05. The number of hydrogen-bond donors (Lipinski definition) is 0. The summed E-state index contributed by atoms with van der Waals surface area (Å²) in [4.78, 5) is 15.3. The lowest BCUT2D eigenvalue weighted by atomic mass is 10.1. The lowest BCUT2D eigenvalue weighted by Gasteiger charge is -2.06. The fourth-order valence-corrected chi connectivity index (χ4v) is 1.87. The van der Waals surface area contributed by atoms with Gasteiger partial charge >= 0.3 is 5.69 Å². The van der Waals surface area contributed by atoms with Crippen LogP contribution < -0.4 is 4.84 Å². The van der Waals surface area contributed by atoms with Crippen molar-refractivity contribution in [2.75, 3.05) is 7.11 Å². The van der Waals surface area contributed by atoms with E-state index in [-0.39, 0.29) is 11.3 Å². The molecule has 0 unspecified atom stereocenters. The van der Waals surface area contributed by atoms with Crippen molar-refractivity contribution in [1.82, 2.24) is 4.73 Å². The highest BCUT2D eigenvalue weighted by Crippen LogP contribution is 2.32. The monoisotopic (exact) mass is 277 g/mol. The van der Waals surface area contributed by atoms with Crippen LogP contribution in [0.4, 0.5) is 5.69 Å². The first kappa shape index (κ1) is 12.9. The van der Waals surface area contributed by atoms with Gasteiger partial charge in [-0.3, -0.25) is 10.1 Å². The average Bonchev–Trinajstić information content (AvgIpc) is 2.78. The molecule has 0 aliphatic rings.